The van der Waals surface area contributed by atoms with Gasteiger partial charge in [-0.15, -0.1) is 0 Å². The normalized spacial score (nSPS) is 23.2. The highest BCUT2D eigenvalue weighted by Gasteiger charge is 2.29. The predicted octanol–water partition coefficient (Wildman–Crippen LogP) is 4.70. The van der Waals surface area contributed by atoms with Crippen molar-refractivity contribution in [3.05, 3.63) is 31.8 Å². The van der Waals surface area contributed by atoms with Gasteiger partial charge in [-0.1, -0.05) is 19.8 Å². The highest BCUT2D eigenvalue weighted by atomic mass is 127. The molecular weight excluding hydrogens is 417 g/mol. The lowest BCUT2D eigenvalue weighted by Crippen LogP contribution is -2.42. The minimum absolute atomic E-state index is 0.129. The summed E-state index contributed by atoms with van der Waals surface area (Å²) in [5, 5.41) is 0. The van der Waals surface area contributed by atoms with Gasteiger partial charge in [-0.2, -0.15) is 0 Å². The monoisotopic (exact) mass is 435 g/mol. The molecule has 2 rings (SSSR count). The second-order valence-corrected chi connectivity index (χ2v) is 7.47. The first-order valence-corrected chi connectivity index (χ1v) is 8.60. The van der Waals surface area contributed by atoms with Crippen molar-refractivity contribution >= 4 is 44.4 Å². The molecule has 2 nitrogen and oxygen atoms in total. The quantitative estimate of drug-likeness (QED) is 0.616. The predicted molar refractivity (Wildman–Crippen MR) is 90.4 cm³/mol. The average molecular weight is 436 g/mol. The van der Waals surface area contributed by atoms with Gasteiger partial charge >= 0.3 is 0 Å². The Kier molecular flexibility index (Phi) is 5.29. The van der Waals surface area contributed by atoms with Crippen LogP contribution in [0.5, 0.6) is 0 Å². The van der Waals surface area contributed by atoms with E-state index in [0.717, 1.165) is 20.0 Å². The molecule has 0 spiro atoms. The Morgan fingerprint density at radius 2 is 2.05 bits per heavy atom. The maximum absolute atomic E-state index is 12.7. The second-order valence-electron chi connectivity index (χ2n) is 5.37. The van der Waals surface area contributed by atoms with Crippen molar-refractivity contribution in [1.29, 1.82) is 0 Å². The second kappa shape index (κ2) is 6.57. The molecule has 0 saturated heterocycles. The molecule has 1 aliphatic rings. The first-order chi connectivity index (χ1) is 9.00. The zero-order valence-corrected chi connectivity index (χ0v) is 15.1. The number of nitrogens with zero attached hydrogens (tertiary/aromatic N) is 1. The lowest BCUT2D eigenvalue weighted by atomic mass is 9.85. The Balaban J connectivity index is 2.20. The van der Waals surface area contributed by atoms with Crippen LogP contribution in [0.1, 0.15) is 43.0 Å². The summed E-state index contributed by atoms with van der Waals surface area (Å²) >= 11 is 5.73. The molecule has 1 saturated carbocycles. The van der Waals surface area contributed by atoms with Crippen LogP contribution < -0.4 is 0 Å². The number of carbonyl (C=O) groups excluding carboxylic acids is 1. The van der Waals surface area contributed by atoms with E-state index >= 15 is 0 Å². The minimum atomic E-state index is 0.129. The van der Waals surface area contributed by atoms with Crippen molar-refractivity contribution in [2.24, 2.45) is 5.92 Å². The van der Waals surface area contributed by atoms with Crippen molar-refractivity contribution in [2.75, 3.05) is 7.05 Å². The van der Waals surface area contributed by atoms with E-state index in [2.05, 4.69) is 45.4 Å². The molecule has 0 aliphatic heterocycles. The first-order valence-electron chi connectivity index (χ1n) is 6.73. The van der Waals surface area contributed by atoms with Gasteiger partial charge < -0.3 is 4.90 Å². The van der Waals surface area contributed by atoms with Crippen molar-refractivity contribution in [1.82, 2.24) is 4.90 Å². The molecule has 1 aromatic carbocycles. The summed E-state index contributed by atoms with van der Waals surface area (Å²) < 4.78 is 1.97. The fraction of sp³-hybridized carbons (Fsp3) is 0.533. The molecule has 4 heteroatoms. The van der Waals surface area contributed by atoms with Crippen LogP contribution in [0.2, 0.25) is 0 Å². The Morgan fingerprint density at radius 1 is 1.37 bits per heavy atom. The SMILES string of the molecule is CC1CCCCC1N(C)C(=O)c1cc(I)ccc1Br. The molecule has 1 aromatic rings. The topological polar surface area (TPSA) is 20.3 Å². The highest BCUT2D eigenvalue weighted by Crippen LogP contribution is 2.29. The van der Waals surface area contributed by atoms with Gasteiger partial charge in [0.15, 0.2) is 0 Å². The number of halogens is 2. The summed E-state index contributed by atoms with van der Waals surface area (Å²) in [5.74, 6) is 0.730. The summed E-state index contributed by atoms with van der Waals surface area (Å²) in [6.45, 7) is 2.26. The number of hydrogen-bond acceptors (Lipinski definition) is 1. The third-order valence-electron chi connectivity index (χ3n) is 4.04. The summed E-state index contributed by atoms with van der Waals surface area (Å²) in [4.78, 5) is 14.6. The van der Waals surface area contributed by atoms with E-state index in [0.29, 0.717) is 12.0 Å². The van der Waals surface area contributed by atoms with Gasteiger partial charge in [0.2, 0.25) is 0 Å². The van der Waals surface area contributed by atoms with Crippen LogP contribution in [0, 0.1) is 9.49 Å². The van der Waals surface area contributed by atoms with Crippen molar-refractivity contribution in [2.45, 2.75) is 38.6 Å². The van der Waals surface area contributed by atoms with Crippen molar-refractivity contribution < 1.29 is 4.79 Å². The van der Waals surface area contributed by atoms with Gasteiger partial charge in [0.1, 0.15) is 0 Å². The number of carbonyl (C=O) groups is 1. The van der Waals surface area contributed by atoms with Crippen LogP contribution in [0.25, 0.3) is 0 Å². The van der Waals surface area contributed by atoms with Crippen LogP contribution in [-0.2, 0) is 0 Å². The summed E-state index contributed by atoms with van der Waals surface area (Å²) in [5.41, 5.74) is 0.771. The third-order valence-corrected chi connectivity index (χ3v) is 5.41. The van der Waals surface area contributed by atoms with E-state index in [1.54, 1.807) is 0 Å². The van der Waals surface area contributed by atoms with Gasteiger partial charge in [-0.25, -0.2) is 0 Å². The van der Waals surface area contributed by atoms with E-state index < -0.39 is 0 Å². The Hall–Kier alpha value is -0.100. The first kappa shape index (κ1) is 15.3. The van der Waals surface area contributed by atoms with E-state index in [4.69, 9.17) is 0 Å². The Bertz CT molecular complexity index is 477. The van der Waals surface area contributed by atoms with Crippen LogP contribution in [0.4, 0.5) is 0 Å². The maximum atomic E-state index is 12.7. The molecule has 1 aliphatic carbocycles. The van der Waals surface area contributed by atoms with Gasteiger partial charge in [0, 0.05) is 21.1 Å². The van der Waals surface area contributed by atoms with Gasteiger partial charge in [-0.3, -0.25) is 4.79 Å². The maximum Gasteiger partial charge on any atom is 0.255 e. The zero-order valence-electron chi connectivity index (χ0n) is 11.3. The fourth-order valence-electron chi connectivity index (χ4n) is 2.87. The van der Waals surface area contributed by atoms with Crippen LogP contribution in [0.15, 0.2) is 22.7 Å². The largest absolute Gasteiger partial charge is 0.338 e. The van der Waals surface area contributed by atoms with Gasteiger partial charge in [0.25, 0.3) is 5.91 Å². The average Bonchev–Trinajstić information content (AvgIpc) is 2.40. The molecule has 0 aromatic heterocycles. The van der Waals surface area contributed by atoms with Crippen molar-refractivity contribution in [3.8, 4) is 0 Å². The number of hydrogen-bond donors (Lipinski definition) is 0. The molecule has 1 fully saturated rings. The number of benzene rings is 1. The highest BCUT2D eigenvalue weighted by molar-refractivity contribution is 14.1. The van der Waals surface area contributed by atoms with E-state index in [1.807, 2.05) is 30.1 Å². The molecule has 0 radical (unpaired) electrons. The molecule has 2 atom stereocenters. The Morgan fingerprint density at radius 3 is 2.74 bits per heavy atom. The number of amides is 1. The minimum Gasteiger partial charge on any atom is -0.338 e. The summed E-state index contributed by atoms with van der Waals surface area (Å²) in [6, 6.07) is 6.29. The molecule has 0 bridgehead atoms. The summed E-state index contributed by atoms with van der Waals surface area (Å²) in [6.07, 6.45) is 4.90. The summed E-state index contributed by atoms with van der Waals surface area (Å²) in [7, 11) is 1.95. The molecule has 0 heterocycles. The van der Waals surface area contributed by atoms with Crippen molar-refractivity contribution in [3.63, 3.8) is 0 Å². The smallest absolute Gasteiger partial charge is 0.255 e. The van der Waals surface area contributed by atoms with E-state index in [1.165, 1.54) is 19.3 Å². The Labute approximate surface area is 137 Å². The molecule has 19 heavy (non-hydrogen) atoms. The lowest BCUT2D eigenvalue weighted by molar-refractivity contribution is 0.0628. The third kappa shape index (κ3) is 3.51. The van der Waals surface area contributed by atoms with Gasteiger partial charge in [-0.05, 0) is 75.5 Å². The van der Waals surface area contributed by atoms with E-state index in [-0.39, 0.29) is 5.91 Å². The van der Waals surface area contributed by atoms with Crippen LogP contribution in [0.3, 0.4) is 0 Å². The molecule has 2 unspecified atom stereocenters. The molecular formula is C15H19BrINO. The van der Waals surface area contributed by atoms with Crippen LogP contribution in [-0.4, -0.2) is 23.9 Å². The zero-order chi connectivity index (χ0) is 14.0. The molecule has 0 N–H and O–H groups in total. The van der Waals surface area contributed by atoms with E-state index in [9.17, 15) is 4.79 Å². The molecule has 1 amide bonds. The standard InChI is InChI=1S/C15H19BrINO/c1-10-5-3-4-6-14(10)18(2)15(19)12-9-11(17)7-8-13(12)16/h7-10,14H,3-6H2,1-2H3. The lowest BCUT2D eigenvalue weighted by Gasteiger charge is -2.36. The molecule has 104 valence electrons. The van der Waals surface area contributed by atoms with Crippen LogP contribution >= 0.6 is 38.5 Å². The fourth-order valence-corrected chi connectivity index (χ4v) is 3.78. The number of rotatable bonds is 2. The van der Waals surface area contributed by atoms with Gasteiger partial charge in [0.05, 0.1) is 5.56 Å².